The number of rotatable bonds is 4. The highest BCUT2D eigenvalue weighted by Gasteiger charge is 2.35. The normalized spacial score (nSPS) is 25.0. The van der Waals surface area contributed by atoms with Crippen molar-refractivity contribution in [3.63, 3.8) is 0 Å². The largest absolute Gasteiger partial charge is 0.488 e. The number of amides is 1. The number of hydrogen-bond acceptors (Lipinski definition) is 6. The van der Waals surface area contributed by atoms with Crippen LogP contribution in [0.25, 0.3) is 5.57 Å². The Kier molecular flexibility index (Phi) is 5.88. The van der Waals surface area contributed by atoms with Gasteiger partial charge < -0.3 is 14.4 Å². The van der Waals surface area contributed by atoms with Crippen molar-refractivity contribution in [3.8, 4) is 5.75 Å². The molecule has 4 aliphatic rings. The molecular weight excluding hydrogens is 430 g/mol. The molecule has 1 amide bonds. The molecule has 0 aromatic carbocycles. The second-order valence-corrected chi connectivity index (χ2v) is 11.4. The minimum absolute atomic E-state index is 0.118. The van der Waals surface area contributed by atoms with Crippen molar-refractivity contribution >= 4 is 21.7 Å². The van der Waals surface area contributed by atoms with Crippen molar-refractivity contribution in [1.29, 1.82) is 0 Å². The van der Waals surface area contributed by atoms with E-state index in [2.05, 4.69) is 11.1 Å². The molecule has 3 aliphatic heterocycles. The van der Waals surface area contributed by atoms with Crippen molar-refractivity contribution in [2.75, 3.05) is 32.4 Å². The van der Waals surface area contributed by atoms with Crippen LogP contribution in [0, 0.1) is 5.92 Å². The zero-order valence-corrected chi connectivity index (χ0v) is 19.3. The van der Waals surface area contributed by atoms with Gasteiger partial charge in [0.25, 0.3) is 0 Å². The summed E-state index contributed by atoms with van der Waals surface area (Å²) in [4.78, 5) is 18.7. The standard InChI is InChI=1S/C23H31N3O5S/c1-32(28,29)26-11-7-16(8-12-26)20-13-18-14-21(31-22(18)15-24-20)17-5-9-25(10-6-17)23(27)30-19-3-2-4-19/h7,13,15,17,19,21H,2-6,8-12,14H2,1H3. The molecule has 2 fully saturated rings. The summed E-state index contributed by atoms with van der Waals surface area (Å²) in [5.41, 5.74) is 3.17. The highest BCUT2D eigenvalue weighted by molar-refractivity contribution is 7.88. The molecule has 8 nitrogen and oxygen atoms in total. The number of nitrogens with zero attached hydrogens (tertiary/aromatic N) is 3. The van der Waals surface area contributed by atoms with Crippen LogP contribution in [-0.4, -0.2) is 73.3 Å². The SMILES string of the molecule is CS(=O)(=O)N1CC=C(c2cc3c(cn2)OC(C2CCN(C(=O)OC4CCC4)CC2)C3)CC1. The molecular formula is C23H31N3O5S. The molecule has 9 heteroatoms. The first-order valence-corrected chi connectivity index (χ1v) is 13.5. The number of pyridine rings is 1. The Bertz CT molecular complexity index is 1010. The van der Waals surface area contributed by atoms with Gasteiger partial charge >= 0.3 is 6.09 Å². The minimum Gasteiger partial charge on any atom is -0.488 e. The van der Waals surface area contributed by atoms with Crippen LogP contribution in [0.15, 0.2) is 18.3 Å². The van der Waals surface area contributed by atoms with Gasteiger partial charge in [-0.05, 0) is 56.1 Å². The van der Waals surface area contributed by atoms with Gasteiger partial charge in [-0.15, -0.1) is 0 Å². The molecule has 1 aliphatic carbocycles. The second kappa shape index (κ2) is 8.67. The Morgan fingerprint density at radius 1 is 1.19 bits per heavy atom. The molecule has 1 aromatic heterocycles. The molecule has 1 atom stereocenters. The quantitative estimate of drug-likeness (QED) is 0.685. The molecule has 1 saturated heterocycles. The number of carbonyl (C=O) groups is 1. The Morgan fingerprint density at radius 2 is 1.97 bits per heavy atom. The number of likely N-dealkylation sites (tertiary alicyclic amines) is 1. The molecule has 0 spiro atoms. The number of carbonyl (C=O) groups excluding carboxylic acids is 1. The molecule has 32 heavy (non-hydrogen) atoms. The lowest BCUT2D eigenvalue weighted by molar-refractivity contribution is 0.0146. The third kappa shape index (κ3) is 4.50. The summed E-state index contributed by atoms with van der Waals surface area (Å²) >= 11 is 0. The molecule has 1 saturated carbocycles. The van der Waals surface area contributed by atoms with Gasteiger partial charge in [0, 0.05) is 38.2 Å². The molecule has 4 heterocycles. The lowest BCUT2D eigenvalue weighted by Gasteiger charge is -2.35. The van der Waals surface area contributed by atoms with Gasteiger partial charge in [-0.25, -0.2) is 13.2 Å². The Hall–Kier alpha value is -2.13. The Labute approximate surface area is 189 Å². The summed E-state index contributed by atoms with van der Waals surface area (Å²) in [5, 5.41) is 0. The fourth-order valence-electron chi connectivity index (χ4n) is 4.95. The third-order valence-corrected chi connectivity index (χ3v) is 8.53. The third-order valence-electron chi connectivity index (χ3n) is 7.26. The number of hydrogen-bond donors (Lipinski definition) is 0. The predicted molar refractivity (Wildman–Crippen MR) is 120 cm³/mol. The van der Waals surface area contributed by atoms with Crippen molar-refractivity contribution in [2.24, 2.45) is 5.92 Å². The second-order valence-electron chi connectivity index (χ2n) is 9.40. The average molecular weight is 462 g/mol. The number of aromatic nitrogens is 1. The number of sulfonamides is 1. The summed E-state index contributed by atoms with van der Waals surface area (Å²) in [6.45, 7) is 2.33. The van der Waals surface area contributed by atoms with Crippen molar-refractivity contribution < 1.29 is 22.7 Å². The van der Waals surface area contributed by atoms with E-state index in [0.717, 1.165) is 68.6 Å². The zero-order valence-electron chi connectivity index (χ0n) is 18.5. The lowest BCUT2D eigenvalue weighted by atomic mass is 9.89. The molecule has 0 N–H and O–H groups in total. The first-order chi connectivity index (χ1) is 15.4. The highest BCUT2D eigenvalue weighted by Crippen LogP contribution is 2.36. The first kappa shape index (κ1) is 21.7. The van der Waals surface area contributed by atoms with Gasteiger partial charge in [-0.3, -0.25) is 4.98 Å². The van der Waals surface area contributed by atoms with Gasteiger partial charge in [-0.1, -0.05) is 6.08 Å². The Morgan fingerprint density at radius 3 is 2.59 bits per heavy atom. The summed E-state index contributed by atoms with van der Waals surface area (Å²) < 4.78 is 36.7. The maximum atomic E-state index is 12.3. The van der Waals surface area contributed by atoms with Crippen LogP contribution in [0.4, 0.5) is 4.79 Å². The summed E-state index contributed by atoms with van der Waals surface area (Å²) in [6, 6.07) is 2.10. The van der Waals surface area contributed by atoms with Gasteiger partial charge in [0.2, 0.25) is 10.0 Å². The van der Waals surface area contributed by atoms with E-state index in [0.29, 0.717) is 25.4 Å². The van der Waals surface area contributed by atoms with E-state index in [-0.39, 0.29) is 18.3 Å². The molecule has 0 bridgehead atoms. The minimum atomic E-state index is -3.16. The molecule has 1 unspecified atom stereocenters. The van der Waals surface area contributed by atoms with E-state index in [4.69, 9.17) is 9.47 Å². The van der Waals surface area contributed by atoms with Gasteiger partial charge in [-0.2, -0.15) is 4.31 Å². The van der Waals surface area contributed by atoms with Crippen molar-refractivity contribution in [3.05, 3.63) is 29.6 Å². The summed E-state index contributed by atoms with van der Waals surface area (Å²) in [7, 11) is -3.16. The fourth-order valence-corrected chi connectivity index (χ4v) is 5.72. The summed E-state index contributed by atoms with van der Waals surface area (Å²) in [5.74, 6) is 1.26. The lowest BCUT2D eigenvalue weighted by Crippen LogP contribution is -2.44. The van der Waals surface area contributed by atoms with Crippen LogP contribution >= 0.6 is 0 Å². The maximum absolute atomic E-state index is 12.3. The van der Waals surface area contributed by atoms with E-state index in [1.54, 1.807) is 6.20 Å². The summed E-state index contributed by atoms with van der Waals surface area (Å²) in [6.07, 6.45) is 11.6. The molecule has 174 valence electrons. The van der Waals surface area contributed by atoms with E-state index < -0.39 is 10.0 Å². The smallest absolute Gasteiger partial charge is 0.410 e. The Balaban J connectivity index is 1.16. The van der Waals surface area contributed by atoms with E-state index in [1.165, 1.54) is 16.1 Å². The molecule has 0 radical (unpaired) electrons. The number of ether oxygens (including phenoxy) is 2. The van der Waals surface area contributed by atoms with Gasteiger partial charge in [0.15, 0.2) is 0 Å². The zero-order chi connectivity index (χ0) is 22.3. The van der Waals surface area contributed by atoms with Crippen LogP contribution in [-0.2, 0) is 21.2 Å². The van der Waals surface area contributed by atoms with Crippen LogP contribution < -0.4 is 4.74 Å². The van der Waals surface area contributed by atoms with Crippen LogP contribution in [0.5, 0.6) is 5.75 Å². The van der Waals surface area contributed by atoms with Crippen LogP contribution in [0.2, 0.25) is 0 Å². The van der Waals surface area contributed by atoms with Crippen LogP contribution in [0.1, 0.15) is 49.8 Å². The number of fused-ring (bicyclic) bond motifs is 1. The molecule has 5 rings (SSSR count). The average Bonchev–Trinajstić information content (AvgIpc) is 3.19. The van der Waals surface area contributed by atoms with Gasteiger partial charge in [0.05, 0.1) is 18.1 Å². The molecule has 1 aromatic rings. The van der Waals surface area contributed by atoms with E-state index in [1.807, 2.05) is 11.0 Å². The van der Waals surface area contributed by atoms with Crippen molar-refractivity contribution in [1.82, 2.24) is 14.2 Å². The predicted octanol–water partition coefficient (Wildman–Crippen LogP) is 2.83. The highest BCUT2D eigenvalue weighted by atomic mass is 32.2. The maximum Gasteiger partial charge on any atom is 0.410 e. The van der Waals surface area contributed by atoms with Gasteiger partial charge in [0.1, 0.15) is 18.0 Å². The topological polar surface area (TPSA) is 89.0 Å². The van der Waals surface area contributed by atoms with Crippen molar-refractivity contribution in [2.45, 2.75) is 57.2 Å². The fraction of sp³-hybridized carbons (Fsp3) is 0.652. The van der Waals surface area contributed by atoms with Crippen LogP contribution in [0.3, 0.4) is 0 Å². The monoisotopic (exact) mass is 461 g/mol. The van der Waals surface area contributed by atoms with E-state index >= 15 is 0 Å². The number of piperidine rings is 1. The van der Waals surface area contributed by atoms with E-state index in [9.17, 15) is 13.2 Å². The first-order valence-electron chi connectivity index (χ1n) is 11.6.